The van der Waals surface area contributed by atoms with Gasteiger partial charge in [-0.25, -0.2) is 19.1 Å². The number of hydrogen-bond donors (Lipinski definition) is 1. The highest BCUT2D eigenvalue weighted by Gasteiger charge is 2.17. The largest absolute Gasteiger partial charge is 0.335 e. The number of aromatic amines is 1. The Bertz CT molecular complexity index is 1450. The van der Waals surface area contributed by atoms with Crippen molar-refractivity contribution < 1.29 is 0 Å². The third-order valence-electron chi connectivity index (χ3n) is 5.56. The summed E-state index contributed by atoms with van der Waals surface area (Å²) in [5.41, 5.74) is 4.21. The third kappa shape index (κ3) is 3.89. The first-order chi connectivity index (χ1) is 16.7. The Balaban J connectivity index is 1.47. The molecule has 0 aliphatic rings. The molecule has 5 aromatic rings. The van der Waals surface area contributed by atoms with E-state index in [2.05, 4.69) is 48.1 Å². The van der Waals surface area contributed by atoms with Crippen LogP contribution in [-0.4, -0.2) is 54.9 Å². The van der Waals surface area contributed by atoms with E-state index in [9.17, 15) is 4.79 Å². The van der Waals surface area contributed by atoms with Crippen LogP contribution in [-0.2, 0) is 19.5 Å². The number of nitrogens with one attached hydrogen (secondary N) is 1. The predicted molar refractivity (Wildman–Crippen MR) is 123 cm³/mol. The second-order valence-corrected chi connectivity index (χ2v) is 7.75. The summed E-state index contributed by atoms with van der Waals surface area (Å²) < 4.78 is 4.86. The molecule has 0 radical (unpaired) electrons. The van der Waals surface area contributed by atoms with Crippen LogP contribution in [0.5, 0.6) is 0 Å². The van der Waals surface area contributed by atoms with Gasteiger partial charge in [-0.3, -0.25) is 9.55 Å². The summed E-state index contributed by atoms with van der Waals surface area (Å²) >= 11 is 0. The minimum atomic E-state index is -0.180. The smallest absolute Gasteiger partial charge is 0.291 e. The minimum Gasteiger partial charge on any atom is -0.291 e. The van der Waals surface area contributed by atoms with E-state index < -0.39 is 0 Å². The number of benzene rings is 1. The molecule has 12 nitrogen and oxygen atoms in total. The first-order valence-electron chi connectivity index (χ1n) is 11.1. The second kappa shape index (κ2) is 9.17. The van der Waals surface area contributed by atoms with E-state index >= 15 is 0 Å². The van der Waals surface area contributed by atoms with Crippen LogP contribution in [0.2, 0.25) is 0 Å². The summed E-state index contributed by atoms with van der Waals surface area (Å²) in [7, 11) is 0. The number of imidazole rings is 1. The summed E-state index contributed by atoms with van der Waals surface area (Å²) in [4.78, 5) is 17.9. The Morgan fingerprint density at radius 1 is 1.00 bits per heavy atom. The molecule has 172 valence electrons. The Morgan fingerprint density at radius 2 is 1.85 bits per heavy atom. The molecule has 0 bridgehead atoms. The van der Waals surface area contributed by atoms with Crippen LogP contribution < -0.4 is 5.69 Å². The molecule has 0 aliphatic heterocycles. The lowest BCUT2D eigenvalue weighted by molar-refractivity contribution is 0.603. The van der Waals surface area contributed by atoms with Gasteiger partial charge in [0.05, 0.1) is 12.2 Å². The van der Waals surface area contributed by atoms with Gasteiger partial charge in [-0.05, 0) is 45.8 Å². The highest BCUT2D eigenvalue weighted by Crippen LogP contribution is 2.28. The van der Waals surface area contributed by atoms with Crippen LogP contribution in [0.1, 0.15) is 31.5 Å². The van der Waals surface area contributed by atoms with Crippen molar-refractivity contribution in [3.05, 3.63) is 70.5 Å². The summed E-state index contributed by atoms with van der Waals surface area (Å²) in [6.45, 7) is 4.98. The summed E-state index contributed by atoms with van der Waals surface area (Å²) in [5.74, 6) is 0.989. The van der Waals surface area contributed by atoms with Crippen LogP contribution in [0.4, 0.5) is 0 Å². The third-order valence-corrected chi connectivity index (χ3v) is 5.56. The minimum absolute atomic E-state index is 0.180. The molecule has 5 rings (SSSR count). The van der Waals surface area contributed by atoms with Crippen molar-refractivity contribution in [1.82, 2.24) is 54.9 Å². The fourth-order valence-corrected chi connectivity index (χ4v) is 3.92. The van der Waals surface area contributed by atoms with Gasteiger partial charge in [-0.15, -0.1) is 5.10 Å². The maximum atomic E-state index is 13.3. The second-order valence-electron chi connectivity index (χ2n) is 7.75. The molecule has 34 heavy (non-hydrogen) atoms. The maximum Gasteiger partial charge on any atom is 0.335 e. The number of nitrogens with zero attached hydrogens (tertiary/aromatic N) is 10. The molecule has 0 saturated heterocycles. The van der Waals surface area contributed by atoms with Crippen molar-refractivity contribution in [2.45, 2.75) is 39.8 Å². The van der Waals surface area contributed by atoms with E-state index in [0.29, 0.717) is 24.9 Å². The summed E-state index contributed by atoms with van der Waals surface area (Å²) in [5, 5.41) is 25.8. The fraction of sp³-hybridized carbons (Fsp3) is 0.273. The van der Waals surface area contributed by atoms with E-state index in [1.165, 1.54) is 4.57 Å². The molecule has 0 saturated carbocycles. The van der Waals surface area contributed by atoms with Crippen molar-refractivity contribution >= 4 is 0 Å². The molecule has 1 N–H and O–H groups in total. The monoisotopic (exact) mass is 457 g/mol. The van der Waals surface area contributed by atoms with Gasteiger partial charge in [-0.2, -0.15) is 0 Å². The van der Waals surface area contributed by atoms with Gasteiger partial charge in [0.15, 0.2) is 5.82 Å². The van der Waals surface area contributed by atoms with Crippen LogP contribution in [0.3, 0.4) is 0 Å². The van der Waals surface area contributed by atoms with Gasteiger partial charge >= 0.3 is 5.69 Å². The van der Waals surface area contributed by atoms with Crippen LogP contribution in [0.25, 0.3) is 28.6 Å². The predicted octanol–water partition coefficient (Wildman–Crippen LogP) is 1.89. The van der Waals surface area contributed by atoms with Crippen molar-refractivity contribution in [1.29, 1.82) is 0 Å². The van der Waals surface area contributed by atoms with Crippen molar-refractivity contribution in [2.75, 3.05) is 0 Å². The molecule has 0 spiro atoms. The fourth-order valence-electron chi connectivity index (χ4n) is 3.92. The van der Waals surface area contributed by atoms with E-state index in [4.69, 9.17) is 0 Å². The number of aryl methyl sites for hydroxylation is 2. The normalized spacial score (nSPS) is 11.2. The molecule has 0 aliphatic carbocycles. The lowest BCUT2D eigenvalue weighted by atomic mass is 10.0. The average molecular weight is 458 g/mol. The Labute approximate surface area is 194 Å². The molecule has 4 heterocycles. The lowest BCUT2D eigenvalue weighted by Crippen LogP contribution is -2.26. The first kappa shape index (κ1) is 21.4. The number of hydrogen-bond acceptors (Lipinski definition) is 8. The molecule has 0 atom stereocenters. The Hall–Kier alpha value is -4.48. The molecule has 0 amide bonds. The number of tetrazole rings is 2. The van der Waals surface area contributed by atoms with Gasteiger partial charge in [0.2, 0.25) is 0 Å². The number of rotatable bonds is 8. The zero-order valence-corrected chi connectivity index (χ0v) is 18.8. The quantitative estimate of drug-likeness (QED) is 0.373. The van der Waals surface area contributed by atoms with Crippen LogP contribution in [0.15, 0.2) is 53.6 Å². The van der Waals surface area contributed by atoms with Gasteiger partial charge in [0.25, 0.3) is 5.95 Å². The van der Waals surface area contributed by atoms with Crippen LogP contribution in [0, 0.1) is 0 Å². The van der Waals surface area contributed by atoms with Gasteiger partial charge < -0.3 is 0 Å². The van der Waals surface area contributed by atoms with E-state index in [1.807, 2.05) is 49.5 Å². The van der Waals surface area contributed by atoms with Gasteiger partial charge in [-0.1, -0.05) is 48.8 Å². The molecular formula is C22H23N11O. The van der Waals surface area contributed by atoms with Crippen molar-refractivity contribution in [2.24, 2.45) is 0 Å². The topological polar surface area (TPSA) is 138 Å². The highest BCUT2D eigenvalue weighted by atomic mass is 16.2. The number of H-pyrrole nitrogens is 1. The lowest BCUT2D eigenvalue weighted by Gasteiger charge is -2.09. The van der Waals surface area contributed by atoms with E-state index in [-0.39, 0.29) is 5.69 Å². The van der Waals surface area contributed by atoms with Gasteiger partial charge in [0.1, 0.15) is 0 Å². The molecule has 12 heteroatoms. The molecule has 4 aromatic heterocycles. The SMILES string of the molecule is CCCc1cn(-c2nnnn2CC)c(=O)n1Cc1ccc(-c2ccccc2-c2nnn[nH]2)nc1. The Kier molecular flexibility index (Phi) is 5.77. The molecular weight excluding hydrogens is 434 g/mol. The Morgan fingerprint density at radius 3 is 2.56 bits per heavy atom. The standard InChI is InChI=1S/C22H23N11O/c1-3-7-16-14-32(21-26-29-30-33(21)4-2)22(34)31(16)13-15-10-11-19(23-12-15)17-8-5-6-9-18(17)20-24-27-28-25-20/h5-6,8-12,14H,3-4,7,13H2,1-2H3,(H,24,25,27,28). The zero-order chi connectivity index (χ0) is 23.5. The number of pyridine rings is 1. The maximum absolute atomic E-state index is 13.3. The summed E-state index contributed by atoms with van der Waals surface area (Å²) in [6.07, 6.45) is 5.29. The van der Waals surface area contributed by atoms with E-state index in [0.717, 1.165) is 40.9 Å². The molecule has 1 aromatic carbocycles. The van der Waals surface area contributed by atoms with Crippen molar-refractivity contribution in [3.8, 4) is 28.6 Å². The van der Waals surface area contributed by atoms with Crippen LogP contribution >= 0.6 is 0 Å². The van der Waals surface area contributed by atoms with Gasteiger partial charge in [0, 0.05) is 35.8 Å². The highest BCUT2D eigenvalue weighted by molar-refractivity contribution is 5.78. The van der Waals surface area contributed by atoms with Crippen molar-refractivity contribution in [3.63, 3.8) is 0 Å². The molecule has 0 fully saturated rings. The number of aromatic nitrogens is 11. The zero-order valence-electron chi connectivity index (χ0n) is 18.8. The first-order valence-corrected chi connectivity index (χ1v) is 11.1. The average Bonchev–Trinajstić information content (AvgIpc) is 3.62. The van der Waals surface area contributed by atoms with E-state index in [1.54, 1.807) is 15.4 Å². The molecule has 0 unspecified atom stereocenters. The summed E-state index contributed by atoms with van der Waals surface area (Å²) in [6, 6.07) is 11.7.